The van der Waals surface area contributed by atoms with Crippen LogP contribution in [0.2, 0.25) is 0 Å². The minimum atomic E-state index is 0.272. The molecule has 1 unspecified atom stereocenters. The molecule has 0 radical (unpaired) electrons. The summed E-state index contributed by atoms with van der Waals surface area (Å²) in [4.78, 5) is 7.81. The maximum absolute atomic E-state index is 5.55. The average Bonchev–Trinajstić information content (AvgIpc) is 3.01. The van der Waals surface area contributed by atoms with E-state index in [9.17, 15) is 0 Å². The Balaban J connectivity index is 1.76. The van der Waals surface area contributed by atoms with E-state index in [1.54, 1.807) is 17.5 Å². The molecule has 2 aromatic rings. The summed E-state index contributed by atoms with van der Waals surface area (Å²) < 4.78 is 5.55. The van der Waals surface area contributed by atoms with Gasteiger partial charge >= 0.3 is 0 Å². The molecular weight excluding hydrogens is 236 g/mol. The smallest absolute Gasteiger partial charge is 0.0794 e. The molecule has 17 heavy (non-hydrogen) atoms. The van der Waals surface area contributed by atoms with Gasteiger partial charge in [0.15, 0.2) is 0 Å². The Hall–Kier alpha value is -1.24. The topological polar surface area (TPSA) is 54.0 Å². The van der Waals surface area contributed by atoms with E-state index in [1.165, 1.54) is 4.88 Å². The Labute approximate surface area is 103 Å². The van der Waals surface area contributed by atoms with Gasteiger partial charge in [-0.1, -0.05) is 0 Å². The molecule has 0 amide bonds. The van der Waals surface area contributed by atoms with Crippen molar-refractivity contribution in [2.45, 2.75) is 12.6 Å². The summed E-state index contributed by atoms with van der Waals surface area (Å²) in [6.45, 7) is 3.39. The Bertz CT molecular complexity index is 442. The van der Waals surface area contributed by atoms with Crippen LogP contribution in [0.1, 0.15) is 16.6 Å². The van der Waals surface area contributed by atoms with E-state index < -0.39 is 0 Å². The van der Waals surface area contributed by atoms with E-state index in [4.69, 9.17) is 4.74 Å². The van der Waals surface area contributed by atoms with Crippen LogP contribution in [0.15, 0.2) is 24.0 Å². The largest absolute Gasteiger partial charge is 0.378 e. The number of aromatic amines is 1. The maximum atomic E-state index is 5.55. The molecule has 1 aliphatic rings. The first-order chi connectivity index (χ1) is 8.43. The molecule has 5 nitrogen and oxygen atoms in total. The second kappa shape index (κ2) is 4.95. The van der Waals surface area contributed by atoms with Crippen LogP contribution in [0.3, 0.4) is 0 Å². The van der Waals surface area contributed by atoms with Gasteiger partial charge in [0.05, 0.1) is 30.5 Å². The first-order valence-electron chi connectivity index (χ1n) is 5.62. The number of thiazole rings is 1. The molecule has 0 bridgehead atoms. The van der Waals surface area contributed by atoms with Crippen molar-refractivity contribution in [3.8, 4) is 0 Å². The molecule has 0 aromatic carbocycles. The van der Waals surface area contributed by atoms with Gasteiger partial charge in [0.25, 0.3) is 0 Å². The van der Waals surface area contributed by atoms with Crippen molar-refractivity contribution in [3.05, 3.63) is 34.5 Å². The van der Waals surface area contributed by atoms with Crippen LogP contribution in [0, 0.1) is 0 Å². The molecule has 1 saturated heterocycles. The van der Waals surface area contributed by atoms with Gasteiger partial charge in [0, 0.05) is 30.4 Å². The number of aromatic nitrogens is 3. The van der Waals surface area contributed by atoms with E-state index in [2.05, 4.69) is 20.1 Å². The van der Waals surface area contributed by atoms with Crippen molar-refractivity contribution in [2.75, 3.05) is 19.8 Å². The zero-order chi connectivity index (χ0) is 11.5. The number of H-pyrrole nitrogens is 1. The Morgan fingerprint density at radius 3 is 3.35 bits per heavy atom. The predicted octanol–water partition coefficient (Wildman–Crippen LogP) is 1.44. The Morgan fingerprint density at radius 2 is 2.59 bits per heavy atom. The third kappa shape index (κ3) is 2.38. The standard InChI is InChI=1S/C11H14N4OS/c1-2-13-14-10(1)11-7-16-4-3-15(11)6-9-5-12-8-17-9/h1-2,5,8,11H,3-4,6-7H2,(H,13,14). The van der Waals surface area contributed by atoms with Gasteiger partial charge in [-0.15, -0.1) is 11.3 Å². The van der Waals surface area contributed by atoms with Gasteiger partial charge < -0.3 is 4.74 Å². The third-order valence-corrected chi connectivity index (χ3v) is 3.73. The summed E-state index contributed by atoms with van der Waals surface area (Å²) in [5.41, 5.74) is 3.00. The minimum absolute atomic E-state index is 0.272. The first kappa shape index (κ1) is 10.9. The van der Waals surface area contributed by atoms with Crippen molar-refractivity contribution in [3.63, 3.8) is 0 Å². The van der Waals surface area contributed by atoms with Crippen LogP contribution in [0.5, 0.6) is 0 Å². The second-order valence-corrected chi connectivity index (χ2v) is 5.01. The molecule has 0 saturated carbocycles. The molecule has 1 N–H and O–H groups in total. The highest BCUT2D eigenvalue weighted by Gasteiger charge is 2.25. The molecule has 0 aliphatic carbocycles. The molecule has 6 heteroatoms. The monoisotopic (exact) mass is 250 g/mol. The number of rotatable bonds is 3. The molecule has 2 aromatic heterocycles. The lowest BCUT2D eigenvalue weighted by Crippen LogP contribution is -2.39. The van der Waals surface area contributed by atoms with E-state index in [-0.39, 0.29) is 6.04 Å². The van der Waals surface area contributed by atoms with Crippen LogP contribution in [-0.2, 0) is 11.3 Å². The van der Waals surface area contributed by atoms with Gasteiger partial charge in [0.1, 0.15) is 0 Å². The summed E-state index contributed by atoms with van der Waals surface area (Å²) in [6.07, 6.45) is 3.72. The van der Waals surface area contributed by atoms with Gasteiger partial charge in [0.2, 0.25) is 0 Å². The molecule has 3 rings (SSSR count). The summed E-state index contributed by atoms with van der Waals surface area (Å²) in [7, 11) is 0. The fourth-order valence-corrected chi connectivity index (χ4v) is 2.71. The summed E-state index contributed by atoms with van der Waals surface area (Å²) in [5.74, 6) is 0. The minimum Gasteiger partial charge on any atom is -0.378 e. The highest BCUT2D eigenvalue weighted by Crippen LogP contribution is 2.24. The third-order valence-electron chi connectivity index (χ3n) is 2.96. The number of ether oxygens (including phenoxy) is 1. The van der Waals surface area contributed by atoms with Crippen molar-refractivity contribution in [1.82, 2.24) is 20.1 Å². The lowest BCUT2D eigenvalue weighted by molar-refractivity contribution is -0.0138. The summed E-state index contributed by atoms with van der Waals surface area (Å²) in [5, 5.41) is 7.04. The second-order valence-electron chi connectivity index (χ2n) is 4.04. The lowest BCUT2D eigenvalue weighted by Gasteiger charge is -2.34. The fraction of sp³-hybridized carbons (Fsp3) is 0.455. The molecule has 90 valence electrons. The summed E-state index contributed by atoms with van der Waals surface area (Å²) >= 11 is 1.70. The molecule has 3 heterocycles. The molecule has 0 spiro atoms. The highest BCUT2D eigenvalue weighted by atomic mass is 32.1. The van der Waals surface area contributed by atoms with Crippen molar-refractivity contribution >= 4 is 11.3 Å². The van der Waals surface area contributed by atoms with E-state index in [0.29, 0.717) is 0 Å². The van der Waals surface area contributed by atoms with Crippen molar-refractivity contribution < 1.29 is 4.74 Å². The SMILES string of the molecule is c1cc(C2COCCN2Cc2cncs2)[nH]n1. The number of hydrogen-bond donors (Lipinski definition) is 1. The highest BCUT2D eigenvalue weighted by molar-refractivity contribution is 7.09. The number of hydrogen-bond acceptors (Lipinski definition) is 5. The van der Waals surface area contributed by atoms with Crippen molar-refractivity contribution in [2.24, 2.45) is 0 Å². The van der Waals surface area contributed by atoms with Crippen LogP contribution in [0.4, 0.5) is 0 Å². The Kier molecular flexibility index (Phi) is 3.17. The van der Waals surface area contributed by atoms with Crippen LogP contribution in [-0.4, -0.2) is 39.8 Å². The quantitative estimate of drug-likeness (QED) is 0.895. The van der Waals surface area contributed by atoms with Crippen LogP contribution in [0.25, 0.3) is 0 Å². The zero-order valence-corrected chi connectivity index (χ0v) is 10.2. The van der Waals surface area contributed by atoms with Gasteiger partial charge in [-0.3, -0.25) is 15.0 Å². The number of nitrogens with one attached hydrogen (secondary N) is 1. The average molecular weight is 250 g/mol. The van der Waals surface area contributed by atoms with Crippen molar-refractivity contribution in [1.29, 1.82) is 0 Å². The maximum Gasteiger partial charge on any atom is 0.0794 e. The van der Waals surface area contributed by atoms with E-state index in [0.717, 1.165) is 32.0 Å². The fourth-order valence-electron chi connectivity index (χ4n) is 2.09. The first-order valence-corrected chi connectivity index (χ1v) is 6.50. The van der Waals surface area contributed by atoms with E-state index >= 15 is 0 Å². The van der Waals surface area contributed by atoms with E-state index in [1.807, 2.05) is 17.8 Å². The number of nitrogens with zero attached hydrogens (tertiary/aromatic N) is 3. The molecule has 1 atom stereocenters. The molecule has 1 fully saturated rings. The van der Waals surface area contributed by atoms with Gasteiger partial charge in [-0.2, -0.15) is 5.10 Å². The van der Waals surface area contributed by atoms with Crippen LogP contribution < -0.4 is 0 Å². The van der Waals surface area contributed by atoms with Gasteiger partial charge in [-0.05, 0) is 6.07 Å². The Morgan fingerprint density at radius 1 is 1.59 bits per heavy atom. The lowest BCUT2D eigenvalue weighted by atomic mass is 10.1. The van der Waals surface area contributed by atoms with Crippen LogP contribution >= 0.6 is 11.3 Å². The van der Waals surface area contributed by atoms with Gasteiger partial charge in [-0.25, -0.2) is 0 Å². The molecular formula is C11H14N4OS. The number of morpholine rings is 1. The summed E-state index contributed by atoms with van der Waals surface area (Å²) in [6, 6.07) is 2.28. The normalized spacial score (nSPS) is 21.8. The molecule has 1 aliphatic heterocycles. The predicted molar refractivity (Wildman–Crippen MR) is 64.7 cm³/mol. The zero-order valence-electron chi connectivity index (χ0n) is 9.37.